The quantitative estimate of drug-likeness (QED) is 0.487. The number of guanidine groups is 1. The minimum Gasteiger partial charge on any atom is -0.388 e. The van der Waals surface area contributed by atoms with Crippen molar-refractivity contribution in [2.24, 2.45) is 4.99 Å². The summed E-state index contributed by atoms with van der Waals surface area (Å²) in [6.07, 6.45) is 1.90. The molecule has 7 heteroatoms. The van der Waals surface area contributed by atoms with Gasteiger partial charge in [0.25, 0.3) is 0 Å². The van der Waals surface area contributed by atoms with Crippen molar-refractivity contribution in [1.82, 2.24) is 10.6 Å². The molecular weight excluding hydrogens is 325 g/mol. The summed E-state index contributed by atoms with van der Waals surface area (Å²) in [5.41, 5.74) is 0.00885. The molecule has 1 aliphatic carbocycles. The zero-order valence-electron chi connectivity index (χ0n) is 12.4. The van der Waals surface area contributed by atoms with E-state index in [1.54, 1.807) is 25.2 Å². The van der Waals surface area contributed by atoms with Crippen LogP contribution in [-0.4, -0.2) is 41.9 Å². The number of nitrogens with one attached hydrogen (secondary N) is 2. The molecule has 5 nitrogen and oxygen atoms in total. The molecule has 1 unspecified atom stereocenters. The van der Waals surface area contributed by atoms with E-state index in [1.807, 2.05) is 0 Å². The van der Waals surface area contributed by atoms with Crippen LogP contribution in [0, 0.1) is 0 Å². The first-order chi connectivity index (χ1) is 10.4. The van der Waals surface area contributed by atoms with Gasteiger partial charge >= 0.3 is 0 Å². The first-order valence-electron chi connectivity index (χ1n) is 7.23. The molecule has 2 rings (SSSR count). The van der Waals surface area contributed by atoms with Crippen LogP contribution in [0.3, 0.4) is 0 Å². The molecule has 1 aromatic rings. The number of hydrogen-bond donors (Lipinski definition) is 4. The highest BCUT2D eigenvalue weighted by Gasteiger charge is 2.34. The van der Waals surface area contributed by atoms with Crippen molar-refractivity contribution in [3.8, 4) is 0 Å². The maximum atomic E-state index is 10.2. The van der Waals surface area contributed by atoms with Crippen LogP contribution in [0.4, 0.5) is 0 Å². The Kier molecular flexibility index (Phi) is 5.92. The number of nitrogens with zero attached hydrogens (tertiary/aromatic N) is 1. The van der Waals surface area contributed by atoms with E-state index in [2.05, 4.69) is 15.6 Å². The van der Waals surface area contributed by atoms with Gasteiger partial charge in [0.1, 0.15) is 0 Å². The lowest BCUT2D eigenvalue weighted by Gasteiger charge is -2.37. The van der Waals surface area contributed by atoms with Crippen LogP contribution >= 0.6 is 23.2 Å². The van der Waals surface area contributed by atoms with Crippen LogP contribution in [0.15, 0.2) is 23.2 Å². The molecule has 1 aliphatic rings. The summed E-state index contributed by atoms with van der Waals surface area (Å²) >= 11 is 11.9. The SMILES string of the molecule is CN=C(NCC(O)c1cc(Cl)cc(Cl)c1)NCC1(O)CCC1. The fraction of sp³-hybridized carbons (Fsp3) is 0.533. The number of hydrogen-bond acceptors (Lipinski definition) is 3. The summed E-state index contributed by atoms with van der Waals surface area (Å²) in [4.78, 5) is 4.07. The van der Waals surface area contributed by atoms with E-state index in [0.29, 0.717) is 28.1 Å². The van der Waals surface area contributed by atoms with Crippen molar-refractivity contribution >= 4 is 29.2 Å². The van der Waals surface area contributed by atoms with Gasteiger partial charge in [0.2, 0.25) is 0 Å². The first-order valence-corrected chi connectivity index (χ1v) is 7.98. The molecule has 0 bridgehead atoms. The number of aliphatic hydroxyl groups is 2. The van der Waals surface area contributed by atoms with Crippen molar-refractivity contribution < 1.29 is 10.2 Å². The fourth-order valence-electron chi connectivity index (χ4n) is 2.31. The number of halogens is 2. The molecule has 1 fully saturated rings. The molecule has 1 saturated carbocycles. The maximum Gasteiger partial charge on any atom is 0.191 e. The Bertz CT molecular complexity index is 527. The lowest BCUT2D eigenvalue weighted by atomic mass is 9.80. The molecule has 0 heterocycles. The molecule has 0 aliphatic heterocycles. The van der Waals surface area contributed by atoms with Crippen LogP contribution < -0.4 is 10.6 Å². The Labute approximate surface area is 140 Å². The second kappa shape index (κ2) is 7.51. The molecule has 122 valence electrons. The van der Waals surface area contributed by atoms with Crippen molar-refractivity contribution in [2.75, 3.05) is 20.1 Å². The number of aliphatic hydroxyl groups excluding tert-OH is 1. The monoisotopic (exact) mass is 345 g/mol. The Morgan fingerprint density at radius 2 is 1.91 bits per heavy atom. The third kappa shape index (κ3) is 4.74. The average Bonchev–Trinajstić information content (AvgIpc) is 2.44. The van der Waals surface area contributed by atoms with Gasteiger partial charge in [-0.1, -0.05) is 23.2 Å². The van der Waals surface area contributed by atoms with E-state index >= 15 is 0 Å². The van der Waals surface area contributed by atoms with Gasteiger partial charge in [0.15, 0.2) is 5.96 Å². The van der Waals surface area contributed by atoms with E-state index in [4.69, 9.17) is 23.2 Å². The Balaban J connectivity index is 1.84. The lowest BCUT2D eigenvalue weighted by Crippen LogP contribution is -2.51. The molecule has 0 spiro atoms. The Morgan fingerprint density at radius 3 is 2.41 bits per heavy atom. The van der Waals surface area contributed by atoms with Gasteiger partial charge in [-0.05, 0) is 43.0 Å². The van der Waals surface area contributed by atoms with Crippen LogP contribution in [0.2, 0.25) is 10.0 Å². The highest BCUT2D eigenvalue weighted by Crippen LogP contribution is 2.30. The van der Waals surface area contributed by atoms with Crippen LogP contribution in [0.25, 0.3) is 0 Å². The van der Waals surface area contributed by atoms with E-state index in [-0.39, 0.29) is 6.54 Å². The van der Waals surface area contributed by atoms with Gasteiger partial charge in [-0.15, -0.1) is 0 Å². The van der Waals surface area contributed by atoms with E-state index in [1.165, 1.54) is 0 Å². The molecule has 0 saturated heterocycles. The summed E-state index contributed by atoms with van der Waals surface area (Å²) in [6.45, 7) is 0.709. The van der Waals surface area contributed by atoms with E-state index in [9.17, 15) is 10.2 Å². The van der Waals surface area contributed by atoms with Gasteiger partial charge in [-0.3, -0.25) is 4.99 Å². The van der Waals surface area contributed by atoms with Gasteiger partial charge < -0.3 is 20.8 Å². The molecule has 0 radical (unpaired) electrons. The summed E-state index contributed by atoms with van der Waals surface area (Å²) in [5.74, 6) is 0.535. The summed E-state index contributed by atoms with van der Waals surface area (Å²) in [7, 11) is 1.64. The zero-order chi connectivity index (χ0) is 16.2. The average molecular weight is 346 g/mol. The molecule has 1 aromatic carbocycles. The van der Waals surface area contributed by atoms with Crippen molar-refractivity contribution in [3.63, 3.8) is 0 Å². The standard InChI is InChI=1S/C15H21Cl2N3O2/c1-18-14(20-9-15(22)3-2-4-15)19-8-13(21)10-5-11(16)7-12(17)6-10/h5-7,13,21-22H,2-4,8-9H2,1H3,(H2,18,19,20). The van der Waals surface area contributed by atoms with Gasteiger partial charge in [0.05, 0.1) is 11.7 Å². The van der Waals surface area contributed by atoms with Crippen molar-refractivity contribution in [3.05, 3.63) is 33.8 Å². The van der Waals surface area contributed by atoms with Crippen molar-refractivity contribution in [2.45, 2.75) is 31.0 Å². The Morgan fingerprint density at radius 1 is 1.27 bits per heavy atom. The maximum absolute atomic E-state index is 10.2. The van der Waals surface area contributed by atoms with E-state index in [0.717, 1.165) is 19.3 Å². The first kappa shape index (κ1) is 17.3. The second-order valence-electron chi connectivity index (χ2n) is 5.60. The second-order valence-corrected chi connectivity index (χ2v) is 6.48. The van der Waals surface area contributed by atoms with Crippen LogP contribution in [-0.2, 0) is 0 Å². The number of benzene rings is 1. The highest BCUT2D eigenvalue weighted by atomic mass is 35.5. The molecule has 22 heavy (non-hydrogen) atoms. The molecule has 1 atom stereocenters. The third-order valence-corrected chi connectivity index (χ3v) is 4.26. The summed E-state index contributed by atoms with van der Waals surface area (Å²) < 4.78 is 0. The summed E-state index contributed by atoms with van der Waals surface area (Å²) in [5, 5.41) is 27.3. The molecular formula is C15H21Cl2N3O2. The Hall–Kier alpha value is -1.01. The summed E-state index contributed by atoms with van der Waals surface area (Å²) in [6, 6.07) is 4.96. The number of aliphatic imine (C=N–C) groups is 1. The predicted octanol–water partition coefficient (Wildman–Crippen LogP) is 2.11. The van der Waals surface area contributed by atoms with Crippen LogP contribution in [0.1, 0.15) is 30.9 Å². The molecule has 0 aromatic heterocycles. The number of rotatable bonds is 5. The van der Waals surface area contributed by atoms with Gasteiger partial charge in [-0.2, -0.15) is 0 Å². The van der Waals surface area contributed by atoms with Crippen molar-refractivity contribution in [1.29, 1.82) is 0 Å². The smallest absolute Gasteiger partial charge is 0.191 e. The third-order valence-electron chi connectivity index (χ3n) is 3.83. The molecule has 0 amide bonds. The van der Waals surface area contributed by atoms with Gasteiger partial charge in [-0.25, -0.2) is 0 Å². The minimum absolute atomic E-state index is 0.259. The van der Waals surface area contributed by atoms with Gasteiger partial charge in [0, 0.05) is 30.2 Å². The topological polar surface area (TPSA) is 76.9 Å². The highest BCUT2D eigenvalue weighted by molar-refractivity contribution is 6.34. The van der Waals surface area contributed by atoms with Crippen LogP contribution in [0.5, 0.6) is 0 Å². The fourth-order valence-corrected chi connectivity index (χ4v) is 2.85. The van der Waals surface area contributed by atoms with E-state index < -0.39 is 11.7 Å². The zero-order valence-corrected chi connectivity index (χ0v) is 14.0. The molecule has 4 N–H and O–H groups in total. The lowest BCUT2D eigenvalue weighted by molar-refractivity contribution is -0.0279. The predicted molar refractivity (Wildman–Crippen MR) is 89.6 cm³/mol. The minimum atomic E-state index is -0.762. The largest absolute Gasteiger partial charge is 0.388 e. The normalized spacial score (nSPS) is 18.5.